The molecule has 0 aromatic carbocycles. The minimum Gasteiger partial charge on any atom is -0.391 e. The van der Waals surface area contributed by atoms with Crippen molar-refractivity contribution in [1.82, 2.24) is 9.88 Å². The number of aliphatic hydroxyl groups excluding tert-OH is 1. The molecule has 1 atom stereocenters. The molecule has 0 radical (unpaired) electrons. The van der Waals surface area contributed by atoms with Crippen LogP contribution in [0.4, 0.5) is 5.13 Å². The van der Waals surface area contributed by atoms with Gasteiger partial charge in [-0.25, -0.2) is 4.98 Å². The van der Waals surface area contributed by atoms with Gasteiger partial charge in [-0.3, -0.25) is 4.79 Å². The van der Waals surface area contributed by atoms with Crippen molar-refractivity contribution in [3.05, 3.63) is 10.9 Å². The normalized spacial score (nSPS) is 18.6. The Morgan fingerprint density at radius 3 is 2.81 bits per heavy atom. The summed E-state index contributed by atoms with van der Waals surface area (Å²) in [5.74, 6) is 0.0196. The number of rotatable bonds is 4. The molecule has 1 saturated heterocycles. The third kappa shape index (κ3) is 2.77. The highest BCUT2D eigenvalue weighted by atomic mass is 32.1. The van der Waals surface area contributed by atoms with Crippen molar-refractivity contribution in [2.24, 2.45) is 0 Å². The molecule has 0 bridgehead atoms. The first-order valence-electron chi connectivity index (χ1n) is 7.25. The lowest BCUT2D eigenvalue weighted by atomic mass is 10.3. The van der Waals surface area contributed by atoms with Crippen molar-refractivity contribution in [1.29, 1.82) is 0 Å². The first kappa shape index (κ1) is 14.7. The molecular formula is C14H19N3O2S2. The zero-order valence-corrected chi connectivity index (χ0v) is 13.8. The Labute approximate surface area is 131 Å². The number of hydrogen-bond acceptors (Lipinski definition) is 6. The molecule has 1 aliphatic rings. The molecule has 1 amide bonds. The largest absolute Gasteiger partial charge is 0.391 e. The molecule has 0 aliphatic carbocycles. The third-order valence-electron chi connectivity index (χ3n) is 3.77. The highest BCUT2D eigenvalue weighted by molar-refractivity contribution is 7.29. The lowest BCUT2D eigenvalue weighted by Crippen LogP contribution is -2.28. The zero-order chi connectivity index (χ0) is 15.0. The van der Waals surface area contributed by atoms with Gasteiger partial charge < -0.3 is 14.9 Å². The standard InChI is InChI=1S/C14H19N3O2S2/c1-3-16(4-2)14-15-12-10(21-14)7-11(20-12)13(19)17-6-5-9(18)8-17/h7,9,18H,3-6,8H2,1-2H3/t9-/m1/s1. The number of amides is 1. The molecule has 1 aliphatic heterocycles. The molecule has 114 valence electrons. The van der Waals surface area contributed by atoms with E-state index >= 15 is 0 Å². The van der Waals surface area contributed by atoms with Crippen molar-refractivity contribution < 1.29 is 9.90 Å². The number of carbonyl (C=O) groups excluding carboxylic acids is 1. The van der Waals surface area contributed by atoms with Crippen LogP contribution < -0.4 is 4.90 Å². The second-order valence-corrected chi connectivity index (χ2v) is 7.18. The summed E-state index contributed by atoms with van der Waals surface area (Å²) in [7, 11) is 0. The molecule has 7 heteroatoms. The summed E-state index contributed by atoms with van der Waals surface area (Å²) in [5.41, 5.74) is 0. The SMILES string of the molecule is CCN(CC)c1nc2sc(C(=O)N3CC[C@@H](O)C3)cc2s1. The number of thiophene rings is 1. The van der Waals surface area contributed by atoms with E-state index in [1.807, 2.05) is 6.07 Å². The molecule has 2 aromatic rings. The minimum absolute atomic E-state index is 0.0196. The zero-order valence-electron chi connectivity index (χ0n) is 12.2. The number of hydrogen-bond donors (Lipinski definition) is 1. The Hall–Kier alpha value is -1.18. The van der Waals surface area contributed by atoms with Crippen LogP contribution in [0.25, 0.3) is 9.53 Å². The first-order chi connectivity index (χ1) is 10.1. The summed E-state index contributed by atoms with van der Waals surface area (Å²) in [6.45, 7) is 7.20. The van der Waals surface area contributed by atoms with E-state index in [2.05, 4.69) is 23.7 Å². The first-order valence-corrected chi connectivity index (χ1v) is 8.88. The van der Waals surface area contributed by atoms with Crippen LogP contribution in [-0.2, 0) is 0 Å². The van der Waals surface area contributed by atoms with E-state index in [9.17, 15) is 9.90 Å². The number of thiazole rings is 1. The fourth-order valence-electron chi connectivity index (χ4n) is 2.54. The van der Waals surface area contributed by atoms with Crippen molar-refractivity contribution >= 4 is 43.2 Å². The van der Waals surface area contributed by atoms with E-state index in [4.69, 9.17) is 0 Å². The average Bonchev–Trinajstić information content (AvgIpc) is 3.13. The summed E-state index contributed by atoms with van der Waals surface area (Å²) in [4.78, 5) is 22.6. The van der Waals surface area contributed by atoms with E-state index in [0.717, 1.165) is 32.6 Å². The number of anilines is 1. The van der Waals surface area contributed by atoms with Gasteiger partial charge in [-0.05, 0) is 26.3 Å². The number of carbonyl (C=O) groups is 1. The van der Waals surface area contributed by atoms with Crippen LogP contribution in [-0.4, -0.2) is 53.2 Å². The smallest absolute Gasteiger partial charge is 0.264 e. The number of aromatic nitrogens is 1. The maximum absolute atomic E-state index is 12.4. The summed E-state index contributed by atoms with van der Waals surface area (Å²) in [6.07, 6.45) is 0.304. The molecule has 1 N–H and O–H groups in total. The molecule has 5 nitrogen and oxygen atoms in total. The second-order valence-electron chi connectivity index (χ2n) is 5.14. The van der Waals surface area contributed by atoms with Crippen molar-refractivity contribution in [3.8, 4) is 0 Å². The number of β-amino-alcohol motifs (C(OH)–C–C–N with tert-alkyl or cyclic N) is 1. The van der Waals surface area contributed by atoms with Crippen molar-refractivity contribution in [2.45, 2.75) is 26.4 Å². The maximum Gasteiger partial charge on any atom is 0.264 e. The molecule has 3 rings (SSSR count). The van der Waals surface area contributed by atoms with E-state index in [-0.39, 0.29) is 12.0 Å². The fraction of sp³-hybridized carbons (Fsp3) is 0.571. The van der Waals surface area contributed by atoms with Crippen LogP contribution in [0.1, 0.15) is 29.9 Å². The molecule has 3 heterocycles. The average molecular weight is 325 g/mol. The van der Waals surface area contributed by atoms with E-state index in [1.165, 1.54) is 11.3 Å². The number of likely N-dealkylation sites (tertiary alicyclic amines) is 1. The molecular weight excluding hydrogens is 306 g/mol. The molecule has 1 fully saturated rings. The van der Waals surface area contributed by atoms with Gasteiger partial charge in [0, 0.05) is 26.2 Å². The lowest BCUT2D eigenvalue weighted by Gasteiger charge is -2.16. The number of aliphatic hydroxyl groups is 1. The quantitative estimate of drug-likeness (QED) is 0.938. The van der Waals surface area contributed by atoms with Crippen molar-refractivity contribution in [2.75, 3.05) is 31.1 Å². The maximum atomic E-state index is 12.4. The summed E-state index contributed by atoms with van der Waals surface area (Å²) < 4.78 is 1.07. The van der Waals surface area contributed by atoms with Gasteiger partial charge in [-0.1, -0.05) is 11.3 Å². The highest BCUT2D eigenvalue weighted by Gasteiger charge is 2.27. The van der Waals surface area contributed by atoms with Gasteiger partial charge in [0.2, 0.25) is 0 Å². The van der Waals surface area contributed by atoms with Crippen LogP contribution >= 0.6 is 22.7 Å². The molecule has 21 heavy (non-hydrogen) atoms. The Morgan fingerprint density at radius 1 is 1.48 bits per heavy atom. The molecule has 0 unspecified atom stereocenters. The van der Waals surface area contributed by atoms with Gasteiger partial charge in [0.15, 0.2) is 5.13 Å². The van der Waals surface area contributed by atoms with Crippen molar-refractivity contribution in [3.63, 3.8) is 0 Å². The topological polar surface area (TPSA) is 56.7 Å². The van der Waals surface area contributed by atoms with Crippen LogP contribution in [0, 0.1) is 0 Å². The number of fused-ring (bicyclic) bond motifs is 1. The van der Waals surface area contributed by atoms with E-state index in [0.29, 0.717) is 19.5 Å². The molecule has 2 aromatic heterocycles. The summed E-state index contributed by atoms with van der Waals surface area (Å²) in [6, 6.07) is 1.94. The summed E-state index contributed by atoms with van der Waals surface area (Å²) >= 11 is 3.09. The van der Waals surface area contributed by atoms with Gasteiger partial charge in [-0.2, -0.15) is 0 Å². The van der Waals surface area contributed by atoms with Gasteiger partial charge in [-0.15, -0.1) is 11.3 Å². The summed E-state index contributed by atoms with van der Waals surface area (Å²) in [5, 5.41) is 10.6. The van der Waals surface area contributed by atoms with Crippen LogP contribution in [0.5, 0.6) is 0 Å². The van der Waals surface area contributed by atoms with E-state index in [1.54, 1.807) is 16.2 Å². The van der Waals surface area contributed by atoms with Gasteiger partial charge in [0.05, 0.1) is 15.7 Å². The third-order valence-corrected chi connectivity index (χ3v) is 5.98. The van der Waals surface area contributed by atoms with E-state index < -0.39 is 0 Å². The highest BCUT2D eigenvalue weighted by Crippen LogP contribution is 2.35. The molecule has 0 saturated carbocycles. The Balaban J connectivity index is 1.82. The van der Waals surface area contributed by atoms with Gasteiger partial charge in [0.25, 0.3) is 5.91 Å². The van der Waals surface area contributed by atoms with Crippen LogP contribution in [0.3, 0.4) is 0 Å². The lowest BCUT2D eigenvalue weighted by molar-refractivity contribution is 0.0770. The Kier molecular flexibility index (Phi) is 4.14. The number of nitrogens with zero attached hydrogens (tertiary/aromatic N) is 3. The monoisotopic (exact) mass is 325 g/mol. The predicted molar refractivity (Wildman–Crippen MR) is 87.6 cm³/mol. The Bertz CT molecular complexity index is 616. The predicted octanol–water partition coefficient (Wildman–Crippen LogP) is 2.41. The van der Waals surface area contributed by atoms with Crippen LogP contribution in [0.15, 0.2) is 6.07 Å². The van der Waals surface area contributed by atoms with Gasteiger partial charge in [0.1, 0.15) is 4.83 Å². The Morgan fingerprint density at radius 2 is 2.24 bits per heavy atom. The molecule has 0 spiro atoms. The van der Waals surface area contributed by atoms with Crippen LogP contribution in [0.2, 0.25) is 0 Å². The minimum atomic E-state index is -0.373. The fourth-order valence-corrected chi connectivity index (χ4v) is 4.85. The van der Waals surface area contributed by atoms with Gasteiger partial charge >= 0.3 is 0 Å². The second kappa shape index (κ2) is 5.90.